The van der Waals surface area contributed by atoms with E-state index >= 15 is 0 Å². The van der Waals surface area contributed by atoms with E-state index in [2.05, 4.69) is 46.6 Å². The van der Waals surface area contributed by atoms with Gasteiger partial charge < -0.3 is 14.7 Å². The highest BCUT2D eigenvalue weighted by molar-refractivity contribution is 14.0. The molecule has 0 saturated carbocycles. The van der Waals surface area contributed by atoms with Crippen LogP contribution in [0.2, 0.25) is 0 Å². The van der Waals surface area contributed by atoms with Crippen molar-refractivity contribution in [3.05, 3.63) is 53.9 Å². The number of sulfonamides is 1. The number of guanidine groups is 1. The fourth-order valence-corrected chi connectivity index (χ4v) is 5.01. The van der Waals surface area contributed by atoms with Gasteiger partial charge in [0.05, 0.1) is 5.69 Å². The van der Waals surface area contributed by atoms with Gasteiger partial charge in [0.15, 0.2) is 5.96 Å². The van der Waals surface area contributed by atoms with Crippen LogP contribution in [0.25, 0.3) is 0 Å². The van der Waals surface area contributed by atoms with E-state index in [0.717, 1.165) is 18.9 Å². The zero-order chi connectivity index (χ0) is 21.4. The second-order valence-corrected chi connectivity index (χ2v) is 9.31. The Morgan fingerprint density at radius 1 is 1.16 bits per heavy atom. The molecule has 1 aliphatic rings. The lowest BCUT2D eigenvalue weighted by Crippen LogP contribution is -2.54. The average molecular weight is 561 g/mol. The van der Waals surface area contributed by atoms with Gasteiger partial charge in [-0.1, -0.05) is 42.4 Å². The van der Waals surface area contributed by atoms with Gasteiger partial charge in [-0.05, 0) is 18.9 Å². The van der Waals surface area contributed by atoms with E-state index in [1.165, 1.54) is 16.1 Å². The second-order valence-electron chi connectivity index (χ2n) is 7.34. The van der Waals surface area contributed by atoms with Crippen molar-refractivity contribution in [2.24, 2.45) is 4.99 Å². The normalized spacial score (nSPS) is 16.6. The molecule has 1 unspecified atom stereocenters. The van der Waals surface area contributed by atoms with Crippen LogP contribution in [0.1, 0.15) is 37.4 Å². The van der Waals surface area contributed by atoms with Crippen molar-refractivity contribution >= 4 is 40.0 Å². The number of hydrogen-bond donors (Lipinski definition) is 1. The molecule has 0 amide bonds. The number of hydrogen-bond acceptors (Lipinski definition) is 5. The van der Waals surface area contributed by atoms with Crippen LogP contribution in [-0.2, 0) is 15.8 Å². The summed E-state index contributed by atoms with van der Waals surface area (Å²) in [6, 6.07) is 12.0. The highest BCUT2D eigenvalue weighted by Gasteiger charge is 2.29. The molecule has 31 heavy (non-hydrogen) atoms. The third-order valence-electron chi connectivity index (χ3n) is 5.31. The first-order valence-electron chi connectivity index (χ1n) is 10.5. The molecule has 0 spiro atoms. The Morgan fingerprint density at radius 3 is 2.45 bits per heavy atom. The summed E-state index contributed by atoms with van der Waals surface area (Å²) in [5, 5.41) is 7.08. The average Bonchev–Trinajstić information content (AvgIpc) is 3.26. The number of rotatable bonds is 8. The maximum Gasteiger partial charge on any atom is 0.220 e. The number of nitrogens with one attached hydrogen (secondary N) is 1. The molecule has 1 aromatic heterocycles. The van der Waals surface area contributed by atoms with E-state index in [-0.39, 0.29) is 29.7 Å². The number of nitrogens with zero attached hydrogens (tertiary/aromatic N) is 4. The molecule has 1 fully saturated rings. The predicted molar refractivity (Wildman–Crippen MR) is 133 cm³/mol. The summed E-state index contributed by atoms with van der Waals surface area (Å²) < 4.78 is 31.6. The molecule has 8 nitrogen and oxygen atoms in total. The van der Waals surface area contributed by atoms with Gasteiger partial charge in [0, 0.05) is 51.3 Å². The van der Waals surface area contributed by atoms with Gasteiger partial charge in [0.2, 0.25) is 10.0 Å². The van der Waals surface area contributed by atoms with Crippen LogP contribution in [-0.4, -0.2) is 68.0 Å². The number of halogens is 1. The zero-order valence-corrected chi connectivity index (χ0v) is 21.3. The summed E-state index contributed by atoms with van der Waals surface area (Å²) in [6.45, 7) is 7.76. The first-order valence-corrected chi connectivity index (χ1v) is 12.1. The number of aliphatic imine (C=N–C) groups is 1. The Balaban J connectivity index is 0.00000341. The molecular weight excluding hydrogens is 529 g/mol. The minimum absolute atomic E-state index is 0. The van der Waals surface area contributed by atoms with Gasteiger partial charge >= 0.3 is 0 Å². The summed E-state index contributed by atoms with van der Waals surface area (Å²) in [5.41, 5.74) is 1.72. The number of benzene rings is 1. The third kappa shape index (κ3) is 7.18. The molecule has 0 aliphatic carbocycles. The van der Waals surface area contributed by atoms with Crippen molar-refractivity contribution in [2.75, 3.05) is 39.3 Å². The SMILES string of the molecule is CCNC(=NCC(CC)c1ccccc1)N1CCN(S(=O)(=O)Cc2ccon2)CC1.I. The topological polar surface area (TPSA) is 91.0 Å². The molecule has 3 rings (SSSR count). The summed E-state index contributed by atoms with van der Waals surface area (Å²) in [7, 11) is -3.41. The van der Waals surface area contributed by atoms with Gasteiger partial charge in [-0.15, -0.1) is 24.0 Å². The molecule has 0 radical (unpaired) electrons. The van der Waals surface area contributed by atoms with Crippen LogP contribution in [0.4, 0.5) is 0 Å². The highest BCUT2D eigenvalue weighted by Crippen LogP contribution is 2.20. The Morgan fingerprint density at radius 2 is 1.87 bits per heavy atom. The summed E-state index contributed by atoms with van der Waals surface area (Å²) in [4.78, 5) is 7.02. The molecule has 1 aliphatic heterocycles. The molecular formula is C21H32IN5O3S. The Bertz CT molecular complexity index is 898. The zero-order valence-electron chi connectivity index (χ0n) is 18.1. The Hall–Kier alpha value is -1.66. The van der Waals surface area contributed by atoms with Crippen molar-refractivity contribution in [3.8, 4) is 0 Å². The van der Waals surface area contributed by atoms with Crippen molar-refractivity contribution < 1.29 is 12.9 Å². The maximum atomic E-state index is 12.6. The minimum atomic E-state index is -3.41. The molecule has 2 aromatic rings. The van der Waals surface area contributed by atoms with Crippen LogP contribution >= 0.6 is 24.0 Å². The van der Waals surface area contributed by atoms with Crippen LogP contribution in [0.3, 0.4) is 0 Å². The van der Waals surface area contributed by atoms with Crippen molar-refractivity contribution in [1.29, 1.82) is 0 Å². The van der Waals surface area contributed by atoms with Crippen molar-refractivity contribution in [2.45, 2.75) is 31.9 Å². The van der Waals surface area contributed by atoms with Gasteiger partial charge in [-0.25, -0.2) is 8.42 Å². The monoisotopic (exact) mass is 561 g/mol. The molecule has 1 N–H and O–H groups in total. The minimum Gasteiger partial charge on any atom is -0.364 e. The number of aromatic nitrogens is 1. The fourth-order valence-electron chi connectivity index (χ4n) is 3.59. The molecule has 172 valence electrons. The maximum absolute atomic E-state index is 12.6. The molecule has 1 saturated heterocycles. The van der Waals surface area contributed by atoms with Crippen LogP contribution in [0.15, 0.2) is 52.2 Å². The molecule has 1 aromatic carbocycles. The van der Waals surface area contributed by atoms with Gasteiger partial charge in [-0.3, -0.25) is 4.99 Å². The molecule has 10 heteroatoms. The standard InChI is InChI=1S/C21H31N5O3S.HI/c1-3-18(19-8-6-5-7-9-19)16-23-21(22-4-2)25-11-13-26(14-12-25)30(27,28)17-20-10-15-29-24-20;/h5-10,15,18H,3-4,11-14,16-17H2,1-2H3,(H,22,23);1H. The van der Waals surface area contributed by atoms with Crippen LogP contribution < -0.4 is 5.32 Å². The molecule has 2 heterocycles. The lowest BCUT2D eigenvalue weighted by Gasteiger charge is -2.36. The van der Waals surface area contributed by atoms with Gasteiger partial charge in [0.1, 0.15) is 12.0 Å². The van der Waals surface area contributed by atoms with Gasteiger partial charge in [-0.2, -0.15) is 4.31 Å². The van der Waals surface area contributed by atoms with E-state index in [4.69, 9.17) is 9.52 Å². The lowest BCUT2D eigenvalue weighted by atomic mass is 9.97. The van der Waals surface area contributed by atoms with E-state index in [1.807, 2.05) is 13.0 Å². The lowest BCUT2D eigenvalue weighted by molar-refractivity contribution is 0.259. The van der Waals surface area contributed by atoms with E-state index in [0.29, 0.717) is 44.3 Å². The smallest absolute Gasteiger partial charge is 0.220 e. The summed E-state index contributed by atoms with van der Waals surface area (Å²) in [6.07, 6.45) is 2.40. The molecule has 1 atom stereocenters. The van der Waals surface area contributed by atoms with Crippen molar-refractivity contribution in [1.82, 2.24) is 19.7 Å². The van der Waals surface area contributed by atoms with Crippen LogP contribution in [0.5, 0.6) is 0 Å². The second kappa shape index (κ2) is 12.4. The van der Waals surface area contributed by atoms with E-state index in [9.17, 15) is 8.42 Å². The third-order valence-corrected chi connectivity index (χ3v) is 7.13. The van der Waals surface area contributed by atoms with Crippen LogP contribution in [0, 0.1) is 0 Å². The first kappa shape index (κ1) is 25.6. The number of piperazine rings is 1. The van der Waals surface area contributed by atoms with Crippen molar-refractivity contribution in [3.63, 3.8) is 0 Å². The van der Waals surface area contributed by atoms with E-state index in [1.54, 1.807) is 6.07 Å². The van der Waals surface area contributed by atoms with E-state index < -0.39 is 10.0 Å². The van der Waals surface area contributed by atoms with Gasteiger partial charge in [0.25, 0.3) is 0 Å². The predicted octanol–water partition coefficient (Wildman–Crippen LogP) is 2.90. The summed E-state index contributed by atoms with van der Waals surface area (Å²) in [5.74, 6) is 1.08. The first-order chi connectivity index (χ1) is 14.5. The Kier molecular flexibility index (Phi) is 10.2. The highest BCUT2D eigenvalue weighted by atomic mass is 127. The summed E-state index contributed by atoms with van der Waals surface area (Å²) >= 11 is 0. The Labute approximate surface area is 202 Å². The molecule has 0 bridgehead atoms. The largest absolute Gasteiger partial charge is 0.364 e. The quantitative estimate of drug-likeness (QED) is 0.303. The fraction of sp³-hybridized carbons (Fsp3) is 0.524.